The lowest BCUT2D eigenvalue weighted by molar-refractivity contribution is 0.568. The fraction of sp³-hybridized carbons (Fsp3) is 0.556. The molecule has 0 spiro atoms. The largest absolute Gasteiger partial charge is 0.341 e. The minimum absolute atomic E-state index is 0.559. The number of nitrogens with zero attached hydrogens (tertiary/aromatic N) is 3. The van der Waals surface area contributed by atoms with Crippen LogP contribution in [0.25, 0.3) is 0 Å². The molecule has 1 aliphatic rings. The van der Waals surface area contributed by atoms with E-state index in [4.69, 9.17) is 11.7 Å². The van der Waals surface area contributed by atoms with Crippen molar-refractivity contribution < 1.29 is 0 Å². The summed E-state index contributed by atoms with van der Waals surface area (Å²) < 4.78 is 0. The second-order valence-electron chi connectivity index (χ2n) is 3.77. The molecule has 0 unspecified atom stereocenters. The Hall–Kier alpha value is -1.60. The topological polar surface area (TPSA) is 105 Å². The van der Waals surface area contributed by atoms with Gasteiger partial charge in [0.1, 0.15) is 11.6 Å². The van der Waals surface area contributed by atoms with Crippen molar-refractivity contribution in [3.05, 3.63) is 6.07 Å². The lowest BCUT2D eigenvalue weighted by Gasteiger charge is -2.27. The van der Waals surface area contributed by atoms with Crippen LogP contribution in [0.4, 0.5) is 17.6 Å². The molecule has 1 aromatic rings. The van der Waals surface area contributed by atoms with E-state index >= 15 is 0 Å². The lowest BCUT2D eigenvalue weighted by atomic mass is 10.1. The molecule has 0 aliphatic carbocycles. The third kappa shape index (κ3) is 2.31. The van der Waals surface area contributed by atoms with Crippen LogP contribution < -0.4 is 27.4 Å². The second-order valence-corrected chi connectivity index (χ2v) is 3.77. The van der Waals surface area contributed by atoms with Gasteiger partial charge >= 0.3 is 0 Å². The van der Waals surface area contributed by atoms with Gasteiger partial charge in [0.2, 0.25) is 5.95 Å². The summed E-state index contributed by atoms with van der Waals surface area (Å²) in [6, 6.07) is 1.66. The molecule has 2 heterocycles. The van der Waals surface area contributed by atoms with Crippen LogP contribution in [-0.4, -0.2) is 23.1 Å². The molecule has 1 fully saturated rings. The Bertz CT molecular complexity index is 325. The zero-order valence-electron chi connectivity index (χ0n) is 9.11. The molecule has 1 saturated heterocycles. The Kier molecular flexibility index (Phi) is 3.37. The van der Waals surface area contributed by atoms with Crippen LogP contribution in [0.1, 0.15) is 19.3 Å². The number of nitrogen functional groups attached to an aromatic ring is 2. The highest BCUT2D eigenvalue weighted by Crippen LogP contribution is 2.19. The molecule has 7 nitrogen and oxygen atoms in total. The van der Waals surface area contributed by atoms with Gasteiger partial charge in [0, 0.05) is 19.2 Å². The third-order valence-corrected chi connectivity index (χ3v) is 2.65. The maximum Gasteiger partial charge on any atom is 0.229 e. The average Bonchev–Trinajstić information content (AvgIpc) is 2.39. The summed E-state index contributed by atoms with van der Waals surface area (Å²) in [6.45, 7) is 1.97. The average molecular weight is 223 g/mol. The SMILES string of the molecule is NNc1cc(NN)nc(N2CCCCC2)n1. The Morgan fingerprint density at radius 1 is 1.00 bits per heavy atom. The highest BCUT2D eigenvalue weighted by Gasteiger charge is 2.14. The van der Waals surface area contributed by atoms with E-state index in [0.29, 0.717) is 17.6 Å². The Morgan fingerprint density at radius 3 is 2.06 bits per heavy atom. The van der Waals surface area contributed by atoms with Gasteiger partial charge in [0.05, 0.1) is 0 Å². The first-order chi connectivity index (χ1) is 7.83. The first kappa shape index (κ1) is 10.9. The molecule has 7 heteroatoms. The Balaban J connectivity index is 2.24. The van der Waals surface area contributed by atoms with Gasteiger partial charge in [-0.05, 0) is 19.3 Å². The molecular weight excluding hydrogens is 206 g/mol. The second kappa shape index (κ2) is 4.95. The van der Waals surface area contributed by atoms with Gasteiger partial charge < -0.3 is 15.8 Å². The standard InChI is InChI=1S/C9H17N7/c10-14-7-6-8(15-11)13-9(12-7)16-4-2-1-3-5-16/h6H,1-5,10-11H2,(H2,12,13,14,15). The summed E-state index contributed by atoms with van der Waals surface area (Å²) in [5.41, 5.74) is 5.02. The van der Waals surface area contributed by atoms with Gasteiger partial charge in [-0.15, -0.1) is 0 Å². The third-order valence-electron chi connectivity index (χ3n) is 2.65. The van der Waals surface area contributed by atoms with E-state index in [1.807, 2.05) is 0 Å². The molecule has 16 heavy (non-hydrogen) atoms. The van der Waals surface area contributed by atoms with Crippen LogP contribution in [0.2, 0.25) is 0 Å². The summed E-state index contributed by atoms with van der Waals surface area (Å²) in [4.78, 5) is 10.8. The minimum atomic E-state index is 0.559. The fourth-order valence-corrected chi connectivity index (χ4v) is 1.82. The highest BCUT2D eigenvalue weighted by molar-refractivity contribution is 5.51. The molecule has 1 aliphatic heterocycles. The molecular formula is C9H17N7. The molecule has 0 radical (unpaired) electrons. The van der Waals surface area contributed by atoms with Crippen molar-refractivity contribution in [2.75, 3.05) is 28.8 Å². The van der Waals surface area contributed by atoms with Crippen molar-refractivity contribution in [3.8, 4) is 0 Å². The van der Waals surface area contributed by atoms with Gasteiger partial charge in [-0.25, -0.2) is 11.7 Å². The van der Waals surface area contributed by atoms with E-state index in [1.54, 1.807) is 6.07 Å². The van der Waals surface area contributed by atoms with Crippen LogP contribution in [0.15, 0.2) is 6.07 Å². The van der Waals surface area contributed by atoms with Crippen LogP contribution >= 0.6 is 0 Å². The zero-order chi connectivity index (χ0) is 11.4. The van der Waals surface area contributed by atoms with Crippen LogP contribution in [0.3, 0.4) is 0 Å². The van der Waals surface area contributed by atoms with Gasteiger partial charge in [-0.1, -0.05) is 0 Å². The van der Waals surface area contributed by atoms with Gasteiger partial charge in [0.25, 0.3) is 0 Å². The van der Waals surface area contributed by atoms with Crippen molar-refractivity contribution in [1.82, 2.24) is 9.97 Å². The first-order valence-electron chi connectivity index (χ1n) is 5.41. The molecule has 6 N–H and O–H groups in total. The molecule has 0 bridgehead atoms. The van der Waals surface area contributed by atoms with E-state index < -0.39 is 0 Å². The monoisotopic (exact) mass is 223 g/mol. The van der Waals surface area contributed by atoms with Gasteiger partial charge in [-0.2, -0.15) is 9.97 Å². The fourth-order valence-electron chi connectivity index (χ4n) is 1.82. The molecule has 1 aromatic heterocycles. The van der Waals surface area contributed by atoms with Gasteiger partial charge in [-0.3, -0.25) is 0 Å². The zero-order valence-corrected chi connectivity index (χ0v) is 9.11. The number of hydrazine groups is 2. The number of hydrogen-bond acceptors (Lipinski definition) is 7. The normalized spacial score (nSPS) is 16.0. The molecule has 88 valence electrons. The number of rotatable bonds is 3. The molecule has 2 rings (SSSR count). The molecule has 0 atom stereocenters. The van der Waals surface area contributed by atoms with E-state index in [0.717, 1.165) is 13.1 Å². The van der Waals surface area contributed by atoms with Crippen molar-refractivity contribution >= 4 is 17.6 Å². The summed E-state index contributed by atoms with van der Waals surface area (Å²) in [6.07, 6.45) is 3.62. The van der Waals surface area contributed by atoms with Crippen LogP contribution in [-0.2, 0) is 0 Å². The van der Waals surface area contributed by atoms with Gasteiger partial charge in [0.15, 0.2) is 0 Å². The number of aromatic nitrogens is 2. The number of nitrogens with one attached hydrogen (secondary N) is 2. The first-order valence-corrected chi connectivity index (χ1v) is 5.41. The molecule has 0 saturated carbocycles. The quantitative estimate of drug-likeness (QED) is 0.423. The van der Waals surface area contributed by atoms with E-state index in [-0.39, 0.29) is 0 Å². The maximum absolute atomic E-state index is 5.34. The van der Waals surface area contributed by atoms with Crippen molar-refractivity contribution in [2.24, 2.45) is 11.7 Å². The van der Waals surface area contributed by atoms with Crippen LogP contribution in [0, 0.1) is 0 Å². The van der Waals surface area contributed by atoms with E-state index in [2.05, 4.69) is 25.7 Å². The summed E-state index contributed by atoms with van der Waals surface area (Å²) in [5, 5.41) is 0. The Labute approximate surface area is 94.2 Å². The number of anilines is 3. The number of nitrogens with two attached hydrogens (primary N) is 2. The van der Waals surface area contributed by atoms with E-state index in [1.165, 1.54) is 19.3 Å². The summed E-state index contributed by atoms with van der Waals surface area (Å²) in [5.74, 6) is 12.5. The smallest absolute Gasteiger partial charge is 0.229 e. The predicted octanol–water partition coefficient (Wildman–Crippen LogP) is 0.0381. The van der Waals surface area contributed by atoms with Crippen LogP contribution in [0.5, 0.6) is 0 Å². The summed E-state index contributed by atoms with van der Waals surface area (Å²) >= 11 is 0. The summed E-state index contributed by atoms with van der Waals surface area (Å²) in [7, 11) is 0. The predicted molar refractivity (Wildman–Crippen MR) is 63.7 cm³/mol. The molecule has 0 amide bonds. The number of piperidine rings is 1. The Morgan fingerprint density at radius 2 is 1.56 bits per heavy atom. The van der Waals surface area contributed by atoms with E-state index in [9.17, 15) is 0 Å². The van der Waals surface area contributed by atoms with Crippen molar-refractivity contribution in [2.45, 2.75) is 19.3 Å². The highest BCUT2D eigenvalue weighted by atomic mass is 15.3. The van der Waals surface area contributed by atoms with Crippen molar-refractivity contribution in [3.63, 3.8) is 0 Å². The van der Waals surface area contributed by atoms with Crippen molar-refractivity contribution in [1.29, 1.82) is 0 Å². The molecule has 0 aromatic carbocycles. The number of hydrogen-bond donors (Lipinski definition) is 4. The minimum Gasteiger partial charge on any atom is -0.341 e. The lowest BCUT2D eigenvalue weighted by Crippen LogP contribution is -2.31. The maximum atomic E-state index is 5.34.